The fourth-order valence-corrected chi connectivity index (χ4v) is 2.71. The van der Waals surface area contributed by atoms with Crippen LogP contribution in [0.15, 0.2) is 35.3 Å². The molecule has 2 aromatic heterocycles. The Morgan fingerprint density at radius 3 is 2.82 bits per heavy atom. The van der Waals surface area contributed by atoms with Crippen molar-refractivity contribution in [1.29, 1.82) is 0 Å². The molecule has 0 amide bonds. The summed E-state index contributed by atoms with van der Waals surface area (Å²) in [5, 5.41) is 2.91. The predicted molar refractivity (Wildman–Crippen MR) is 84.1 cm³/mol. The average Bonchev–Trinajstić information content (AvgIpc) is 2.94. The van der Waals surface area contributed by atoms with Gasteiger partial charge in [0, 0.05) is 24.2 Å². The van der Waals surface area contributed by atoms with E-state index >= 15 is 0 Å². The van der Waals surface area contributed by atoms with E-state index < -0.39 is 5.82 Å². The van der Waals surface area contributed by atoms with Crippen molar-refractivity contribution in [2.45, 2.75) is 26.2 Å². The maximum Gasteiger partial charge on any atom is 0.276 e. The number of aromatic amines is 1. The molecule has 0 saturated carbocycles. The van der Waals surface area contributed by atoms with Gasteiger partial charge in [0.25, 0.3) is 5.56 Å². The molecule has 0 aliphatic carbocycles. The van der Waals surface area contributed by atoms with Crippen LogP contribution in [0, 0.1) is 5.82 Å². The monoisotopic (exact) mass is 319 g/mol. The van der Waals surface area contributed by atoms with Crippen molar-refractivity contribution < 1.29 is 4.39 Å². The Morgan fingerprint density at radius 2 is 2.14 bits per heavy atom. The van der Waals surface area contributed by atoms with Crippen LogP contribution in [-0.2, 0) is 6.42 Å². The second-order valence-electron chi connectivity index (χ2n) is 5.52. The highest BCUT2D eigenvalue weighted by molar-refractivity contribution is 6.30. The van der Waals surface area contributed by atoms with E-state index in [-0.39, 0.29) is 16.5 Å². The van der Waals surface area contributed by atoms with Crippen molar-refractivity contribution in [3.05, 3.63) is 68.5 Å². The third kappa shape index (κ3) is 2.52. The molecule has 114 valence electrons. The van der Waals surface area contributed by atoms with Gasteiger partial charge in [-0.25, -0.2) is 13.9 Å². The first-order valence-corrected chi connectivity index (χ1v) is 7.38. The molecule has 0 saturated heterocycles. The molecule has 0 aliphatic heterocycles. The third-order valence-corrected chi connectivity index (χ3v) is 3.87. The van der Waals surface area contributed by atoms with Gasteiger partial charge in [-0.3, -0.25) is 9.89 Å². The Bertz CT molecular complexity index is 898. The maximum atomic E-state index is 13.3. The summed E-state index contributed by atoms with van der Waals surface area (Å²) >= 11 is 5.82. The zero-order valence-corrected chi connectivity index (χ0v) is 13.0. The van der Waals surface area contributed by atoms with Gasteiger partial charge in [-0.05, 0) is 23.6 Å². The quantitative estimate of drug-likeness (QED) is 0.803. The maximum absolute atomic E-state index is 13.3. The van der Waals surface area contributed by atoms with E-state index in [1.807, 2.05) is 13.8 Å². The minimum Gasteiger partial charge on any atom is -0.297 e. The number of fused-ring (bicyclic) bond motifs is 1. The standard InChI is InChI=1S/C16H15ClFN3O/c1-9(2)15-11(7-10-3-4-13(18)12(17)8-10)16(22)21-14(20-15)5-6-19-21/h3-6,8-9,19H,7H2,1-2H3. The van der Waals surface area contributed by atoms with E-state index in [0.717, 1.165) is 11.3 Å². The van der Waals surface area contributed by atoms with Gasteiger partial charge in [-0.2, -0.15) is 0 Å². The molecule has 22 heavy (non-hydrogen) atoms. The molecular weight excluding hydrogens is 305 g/mol. The van der Waals surface area contributed by atoms with Gasteiger partial charge in [0.2, 0.25) is 0 Å². The average molecular weight is 320 g/mol. The number of nitrogens with one attached hydrogen (secondary N) is 1. The first-order chi connectivity index (χ1) is 10.5. The van der Waals surface area contributed by atoms with Gasteiger partial charge in [0.05, 0.1) is 10.7 Å². The SMILES string of the molecule is CC(C)c1nc2cc[nH]n2c(=O)c1Cc1ccc(F)c(Cl)c1. The fourth-order valence-electron chi connectivity index (χ4n) is 2.51. The van der Waals surface area contributed by atoms with Gasteiger partial charge in [-0.15, -0.1) is 0 Å². The highest BCUT2D eigenvalue weighted by Crippen LogP contribution is 2.21. The summed E-state index contributed by atoms with van der Waals surface area (Å²) in [5.41, 5.74) is 2.58. The smallest absolute Gasteiger partial charge is 0.276 e. The first kappa shape index (κ1) is 14.8. The van der Waals surface area contributed by atoms with Crippen molar-refractivity contribution in [3.63, 3.8) is 0 Å². The largest absolute Gasteiger partial charge is 0.297 e. The molecule has 0 spiro atoms. The zero-order chi connectivity index (χ0) is 15.9. The lowest BCUT2D eigenvalue weighted by Gasteiger charge is -2.12. The van der Waals surface area contributed by atoms with Crippen LogP contribution in [0.3, 0.4) is 0 Å². The Morgan fingerprint density at radius 1 is 1.36 bits per heavy atom. The fraction of sp³-hybridized carbons (Fsp3) is 0.250. The second kappa shape index (κ2) is 5.57. The summed E-state index contributed by atoms with van der Waals surface area (Å²) in [6, 6.07) is 6.25. The number of halogens is 2. The summed E-state index contributed by atoms with van der Waals surface area (Å²) in [7, 11) is 0. The molecule has 0 radical (unpaired) electrons. The lowest BCUT2D eigenvalue weighted by Crippen LogP contribution is -2.23. The molecule has 4 nitrogen and oxygen atoms in total. The molecule has 0 unspecified atom stereocenters. The Kier molecular flexibility index (Phi) is 3.74. The van der Waals surface area contributed by atoms with Crippen molar-refractivity contribution >= 4 is 17.2 Å². The van der Waals surface area contributed by atoms with E-state index in [0.29, 0.717) is 17.6 Å². The number of H-pyrrole nitrogens is 1. The van der Waals surface area contributed by atoms with Crippen LogP contribution < -0.4 is 5.56 Å². The van der Waals surface area contributed by atoms with Crippen LogP contribution >= 0.6 is 11.6 Å². The molecular formula is C16H15ClFN3O. The van der Waals surface area contributed by atoms with Gasteiger partial charge >= 0.3 is 0 Å². The molecule has 6 heteroatoms. The van der Waals surface area contributed by atoms with Crippen molar-refractivity contribution in [3.8, 4) is 0 Å². The molecule has 2 heterocycles. The van der Waals surface area contributed by atoms with Crippen LogP contribution in [0.2, 0.25) is 5.02 Å². The lowest BCUT2D eigenvalue weighted by molar-refractivity contribution is 0.627. The van der Waals surface area contributed by atoms with Crippen molar-refractivity contribution in [2.24, 2.45) is 0 Å². The Balaban J connectivity index is 2.15. The molecule has 3 aromatic rings. The first-order valence-electron chi connectivity index (χ1n) is 7.00. The van der Waals surface area contributed by atoms with Gasteiger partial charge in [0.1, 0.15) is 5.82 Å². The van der Waals surface area contributed by atoms with Gasteiger partial charge in [0.15, 0.2) is 5.65 Å². The zero-order valence-electron chi connectivity index (χ0n) is 12.2. The van der Waals surface area contributed by atoms with Crippen LogP contribution in [0.5, 0.6) is 0 Å². The van der Waals surface area contributed by atoms with E-state index in [1.54, 1.807) is 24.4 Å². The van der Waals surface area contributed by atoms with Crippen LogP contribution in [0.1, 0.15) is 36.6 Å². The number of benzene rings is 1. The number of nitrogens with zero attached hydrogens (tertiary/aromatic N) is 2. The number of rotatable bonds is 3. The van der Waals surface area contributed by atoms with Crippen LogP contribution in [0.4, 0.5) is 4.39 Å². The summed E-state index contributed by atoms with van der Waals surface area (Å²) < 4.78 is 14.7. The summed E-state index contributed by atoms with van der Waals surface area (Å²) in [5.74, 6) is -0.359. The highest BCUT2D eigenvalue weighted by atomic mass is 35.5. The number of aromatic nitrogens is 3. The van der Waals surface area contributed by atoms with Crippen LogP contribution in [-0.4, -0.2) is 14.6 Å². The van der Waals surface area contributed by atoms with E-state index in [4.69, 9.17) is 11.6 Å². The van der Waals surface area contributed by atoms with Gasteiger partial charge < -0.3 is 0 Å². The van der Waals surface area contributed by atoms with Gasteiger partial charge in [-0.1, -0.05) is 31.5 Å². The second-order valence-corrected chi connectivity index (χ2v) is 5.92. The number of hydrogen-bond donors (Lipinski definition) is 1. The van der Waals surface area contributed by atoms with E-state index in [9.17, 15) is 9.18 Å². The van der Waals surface area contributed by atoms with Crippen LogP contribution in [0.25, 0.3) is 5.65 Å². The Labute approximate surface area is 131 Å². The molecule has 0 atom stereocenters. The normalized spacial score (nSPS) is 11.5. The predicted octanol–water partition coefficient (Wildman–Crippen LogP) is 3.53. The van der Waals surface area contributed by atoms with E-state index in [2.05, 4.69) is 10.1 Å². The molecule has 0 aliphatic rings. The molecule has 1 aromatic carbocycles. The summed E-state index contributed by atoms with van der Waals surface area (Å²) in [4.78, 5) is 17.2. The minimum absolute atomic E-state index is 0.0533. The highest BCUT2D eigenvalue weighted by Gasteiger charge is 2.16. The van der Waals surface area contributed by atoms with Crippen molar-refractivity contribution in [1.82, 2.24) is 14.6 Å². The molecule has 3 rings (SSSR count). The molecule has 0 bridgehead atoms. The Hall–Kier alpha value is -2.14. The topological polar surface area (TPSA) is 50.2 Å². The third-order valence-electron chi connectivity index (χ3n) is 3.58. The molecule has 1 N–H and O–H groups in total. The number of hydrogen-bond acceptors (Lipinski definition) is 2. The van der Waals surface area contributed by atoms with Crippen molar-refractivity contribution in [2.75, 3.05) is 0 Å². The summed E-state index contributed by atoms with van der Waals surface area (Å²) in [6.07, 6.45) is 2.04. The molecule has 0 fully saturated rings. The summed E-state index contributed by atoms with van der Waals surface area (Å²) in [6.45, 7) is 3.98. The van der Waals surface area contributed by atoms with E-state index in [1.165, 1.54) is 10.6 Å². The minimum atomic E-state index is -0.468. The lowest BCUT2D eigenvalue weighted by atomic mass is 9.99.